The normalized spacial score (nSPS) is 19.6. The van der Waals surface area contributed by atoms with Crippen LogP contribution in [0.3, 0.4) is 0 Å². The summed E-state index contributed by atoms with van der Waals surface area (Å²) in [5, 5.41) is 4.40. The molecule has 0 unspecified atom stereocenters. The first kappa shape index (κ1) is 18.6. The van der Waals surface area contributed by atoms with Crippen molar-refractivity contribution in [2.24, 2.45) is 0 Å². The summed E-state index contributed by atoms with van der Waals surface area (Å²) in [6, 6.07) is 11.3. The summed E-state index contributed by atoms with van der Waals surface area (Å²) in [6.07, 6.45) is 4.40. The van der Waals surface area contributed by atoms with Gasteiger partial charge in [-0.1, -0.05) is 18.2 Å². The lowest BCUT2D eigenvalue weighted by Gasteiger charge is -2.44. The number of pyridine rings is 1. The van der Waals surface area contributed by atoms with Crippen LogP contribution in [0.25, 0.3) is 10.9 Å². The Labute approximate surface area is 172 Å². The summed E-state index contributed by atoms with van der Waals surface area (Å²) in [7, 11) is -0.355. The van der Waals surface area contributed by atoms with Crippen LogP contribution in [-0.4, -0.2) is 51.1 Å². The zero-order valence-corrected chi connectivity index (χ0v) is 17.3. The largest absolute Gasteiger partial charge is 0.354 e. The van der Waals surface area contributed by atoms with E-state index >= 15 is 0 Å². The standard InChI is InChI=1S/C22H26FN5S/c23-20-8-7-17(15-24-20)16-25-22-26-19-6-2-1-5-18(19)21(27-22)28-9-13-29(14-10-28)11-3-4-12-29/h1-2,5-8,15H,3-4,9-14,16H2,(H,25,26,27). The van der Waals surface area contributed by atoms with Crippen molar-refractivity contribution in [3.05, 3.63) is 54.1 Å². The molecule has 0 amide bonds. The van der Waals surface area contributed by atoms with Gasteiger partial charge in [-0.2, -0.15) is 9.37 Å². The molecule has 5 rings (SSSR count). The molecule has 0 radical (unpaired) electrons. The number of nitrogens with one attached hydrogen (secondary N) is 1. The molecule has 1 N–H and O–H groups in total. The van der Waals surface area contributed by atoms with Gasteiger partial charge in [-0.25, -0.2) is 20.0 Å². The third-order valence-electron chi connectivity index (χ3n) is 6.12. The highest BCUT2D eigenvalue weighted by atomic mass is 32.3. The molecule has 29 heavy (non-hydrogen) atoms. The Morgan fingerprint density at radius 1 is 0.966 bits per heavy atom. The first-order chi connectivity index (χ1) is 14.2. The van der Waals surface area contributed by atoms with Crippen LogP contribution in [0.15, 0.2) is 42.6 Å². The molecule has 0 atom stereocenters. The van der Waals surface area contributed by atoms with Crippen LogP contribution in [0.1, 0.15) is 18.4 Å². The minimum atomic E-state index is -0.467. The van der Waals surface area contributed by atoms with Gasteiger partial charge in [-0.3, -0.25) is 0 Å². The average Bonchev–Trinajstić information content (AvgIpc) is 3.21. The smallest absolute Gasteiger partial charge is 0.225 e. The Morgan fingerprint density at radius 2 is 1.76 bits per heavy atom. The maximum absolute atomic E-state index is 13.0. The molecule has 0 bridgehead atoms. The Hall–Kier alpha value is -2.41. The highest BCUT2D eigenvalue weighted by Crippen LogP contribution is 2.55. The van der Waals surface area contributed by atoms with E-state index < -0.39 is 5.95 Å². The fraction of sp³-hybridized carbons (Fsp3) is 0.409. The van der Waals surface area contributed by atoms with E-state index in [1.807, 2.05) is 12.1 Å². The lowest BCUT2D eigenvalue weighted by Crippen LogP contribution is -2.39. The Bertz CT molecular complexity index is 994. The maximum atomic E-state index is 13.0. The number of hydrogen-bond donors (Lipinski definition) is 1. The monoisotopic (exact) mass is 411 g/mol. The second-order valence-corrected chi connectivity index (χ2v) is 12.0. The molecular formula is C22H26FN5S. The molecule has 1 aromatic carbocycles. The quantitative estimate of drug-likeness (QED) is 0.653. The third kappa shape index (κ3) is 3.88. The van der Waals surface area contributed by atoms with Crippen LogP contribution in [0.2, 0.25) is 0 Å². The molecule has 0 saturated carbocycles. The molecule has 5 nitrogen and oxygen atoms in total. The number of halogens is 1. The van der Waals surface area contributed by atoms with E-state index in [9.17, 15) is 4.39 Å². The fourth-order valence-electron chi connectivity index (χ4n) is 4.43. The number of benzene rings is 1. The van der Waals surface area contributed by atoms with Gasteiger partial charge in [0, 0.05) is 31.2 Å². The molecule has 2 fully saturated rings. The Kier molecular flexibility index (Phi) is 4.99. The van der Waals surface area contributed by atoms with E-state index in [1.54, 1.807) is 12.3 Å². The number of nitrogens with zero attached hydrogens (tertiary/aromatic N) is 4. The van der Waals surface area contributed by atoms with Crippen molar-refractivity contribution in [2.75, 3.05) is 46.3 Å². The second kappa shape index (κ2) is 7.78. The number of fused-ring (bicyclic) bond motifs is 1. The van der Waals surface area contributed by atoms with Gasteiger partial charge in [0.25, 0.3) is 0 Å². The molecule has 4 heterocycles. The Balaban J connectivity index is 1.39. The van der Waals surface area contributed by atoms with Crippen molar-refractivity contribution in [3.63, 3.8) is 0 Å². The molecule has 0 aliphatic carbocycles. The van der Waals surface area contributed by atoms with Crippen LogP contribution in [0, 0.1) is 5.95 Å². The highest BCUT2D eigenvalue weighted by Gasteiger charge is 2.33. The van der Waals surface area contributed by atoms with Crippen LogP contribution in [0.5, 0.6) is 0 Å². The summed E-state index contributed by atoms with van der Waals surface area (Å²) >= 11 is 0. The third-order valence-corrected chi connectivity index (χ3v) is 10.5. The summed E-state index contributed by atoms with van der Waals surface area (Å²) in [6.45, 7) is 2.70. The van der Waals surface area contributed by atoms with Crippen molar-refractivity contribution >= 4 is 32.7 Å². The van der Waals surface area contributed by atoms with Crippen LogP contribution < -0.4 is 10.2 Å². The number of anilines is 2. The molecule has 3 aromatic rings. The summed E-state index contributed by atoms with van der Waals surface area (Å²) in [4.78, 5) is 15.8. The van der Waals surface area contributed by atoms with E-state index in [-0.39, 0.29) is 10.0 Å². The van der Waals surface area contributed by atoms with E-state index in [2.05, 4.69) is 27.3 Å². The second-order valence-electron chi connectivity index (χ2n) is 7.97. The first-order valence-corrected chi connectivity index (χ1v) is 12.6. The number of hydrogen-bond acceptors (Lipinski definition) is 5. The van der Waals surface area contributed by atoms with Crippen molar-refractivity contribution in [1.82, 2.24) is 15.0 Å². The topological polar surface area (TPSA) is 53.9 Å². The van der Waals surface area contributed by atoms with Gasteiger partial charge < -0.3 is 10.2 Å². The molecule has 2 aliphatic heterocycles. The Morgan fingerprint density at radius 3 is 2.52 bits per heavy atom. The minimum Gasteiger partial charge on any atom is -0.354 e. The SMILES string of the molecule is Fc1ccc(CNc2nc(N3CCS4(CCCC4)CC3)c3ccccc3n2)cn1. The van der Waals surface area contributed by atoms with Crippen LogP contribution in [-0.2, 0) is 6.54 Å². The van der Waals surface area contributed by atoms with Gasteiger partial charge in [-0.15, -0.1) is 0 Å². The summed E-state index contributed by atoms with van der Waals surface area (Å²) in [5.41, 5.74) is 1.85. The van der Waals surface area contributed by atoms with Crippen molar-refractivity contribution < 1.29 is 4.39 Å². The number of rotatable bonds is 4. The van der Waals surface area contributed by atoms with E-state index in [4.69, 9.17) is 9.97 Å². The van der Waals surface area contributed by atoms with E-state index in [1.165, 1.54) is 41.9 Å². The zero-order valence-electron chi connectivity index (χ0n) is 16.5. The molecule has 2 saturated heterocycles. The zero-order chi connectivity index (χ0) is 19.7. The van der Waals surface area contributed by atoms with Crippen LogP contribution >= 0.6 is 10.0 Å². The van der Waals surface area contributed by atoms with Crippen molar-refractivity contribution in [3.8, 4) is 0 Å². The molecule has 152 valence electrons. The molecule has 2 aromatic heterocycles. The number of para-hydroxylation sites is 1. The predicted molar refractivity (Wildman–Crippen MR) is 120 cm³/mol. The van der Waals surface area contributed by atoms with E-state index in [0.29, 0.717) is 12.5 Å². The van der Waals surface area contributed by atoms with Gasteiger partial charge in [0.2, 0.25) is 11.9 Å². The molecule has 2 aliphatic rings. The molecule has 1 spiro atoms. The average molecular weight is 412 g/mol. The van der Waals surface area contributed by atoms with E-state index in [0.717, 1.165) is 35.4 Å². The molecule has 7 heteroatoms. The summed E-state index contributed by atoms with van der Waals surface area (Å²) < 4.78 is 13.0. The molecular weight excluding hydrogens is 385 g/mol. The van der Waals surface area contributed by atoms with Gasteiger partial charge in [0.15, 0.2) is 0 Å². The first-order valence-electron chi connectivity index (χ1n) is 10.3. The van der Waals surface area contributed by atoms with Gasteiger partial charge in [0.1, 0.15) is 5.82 Å². The van der Waals surface area contributed by atoms with Gasteiger partial charge in [0.05, 0.1) is 5.52 Å². The maximum Gasteiger partial charge on any atom is 0.225 e. The number of aromatic nitrogens is 3. The predicted octanol–water partition coefficient (Wildman–Crippen LogP) is 4.19. The van der Waals surface area contributed by atoms with Gasteiger partial charge >= 0.3 is 0 Å². The summed E-state index contributed by atoms with van der Waals surface area (Å²) in [5.74, 6) is 6.81. The fourth-order valence-corrected chi connectivity index (χ4v) is 8.51. The minimum absolute atomic E-state index is 0.355. The van der Waals surface area contributed by atoms with Gasteiger partial charge in [-0.05, 0) is 59.6 Å². The van der Waals surface area contributed by atoms with Crippen LogP contribution in [0.4, 0.5) is 16.2 Å². The lowest BCUT2D eigenvalue weighted by molar-refractivity contribution is 0.582. The van der Waals surface area contributed by atoms with Crippen molar-refractivity contribution in [2.45, 2.75) is 19.4 Å². The van der Waals surface area contributed by atoms with Crippen molar-refractivity contribution in [1.29, 1.82) is 0 Å². The highest BCUT2D eigenvalue weighted by molar-refractivity contribution is 8.34. The lowest BCUT2D eigenvalue weighted by atomic mass is 10.2.